The minimum atomic E-state index is 0.361. The molecule has 0 saturated carbocycles. The molecule has 0 saturated heterocycles. The van der Waals surface area contributed by atoms with Gasteiger partial charge in [0.25, 0.3) is 0 Å². The van der Waals surface area contributed by atoms with Crippen LogP contribution in [0.15, 0.2) is 30.6 Å². The Bertz CT molecular complexity index is 481. The summed E-state index contributed by atoms with van der Waals surface area (Å²) in [5.74, 6) is 0.796. The second-order valence-electron chi connectivity index (χ2n) is 3.75. The smallest absolute Gasteiger partial charge is 0.335 e. The Kier molecular flexibility index (Phi) is 4.14. The molecule has 1 heterocycles. The number of benzene rings is 1. The molecule has 0 radical (unpaired) electrons. The second-order valence-corrected chi connectivity index (χ2v) is 3.75. The van der Waals surface area contributed by atoms with Crippen molar-refractivity contribution >= 4 is 0 Å². The standard InChI is InChI=1S/C12H16N4O2/c1-16-9-14-12(15-16)18-7-6-17-11-4-2-10(8-13)3-5-11/h2-5,9H,6-8,13H2,1H3. The Morgan fingerprint density at radius 3 is 2.50 bits per heavy atom. The fourth-order valence-electron chi connectivity index (χ4n) is 1.40. The largest absolute Gasteiger partial charge is 0.490 e. The van der Waals surface area contributed by atoms with Gasteiger partial charge in [-0.15, -0.1) is 5.10 Å². The van der Waals surface area contributed by atoms with E-state index in [1.54, 1.807) is 18.1 Å². The minimum Gasteiger partial charge on any atom is -0.490 e. The molecule has 0 aliphatic rings. The monoisotopic (exact) mass is 248 g/mol. The number of rotatable bonds is 6. The number of hydrogen-bond donors (Lipinski definition) is 1. The fourth-order valence-corrected chi connectivity index (χ4v) is 1.40. The van der Waals surface area contributed by atoms with Gasteiger partial charge in [-0.1, -0.05) is 12.1 Å². The van der Waals surface area contributed by atoms with Crippen molar-refractivity contribution in [2.45, 2.75) is 6.54 Å². The second kappa shape index (κ2) is 6.02. The lowest BCUT2D eigenvalue weighted by atomic mass is 10.2. The number of nitrogens with two attached hydrogens (primary N) is 1. The lowest BCUT2D eigenvalue weighted by molar-refractivity contribution is 0.206. The molecule has 2 N–H and O–H groups in total. The zero-order chi connectivity index (χ0) is 12.8. The summed E-state index contributed by atoms with van der Waals surface area (Å²) < 4.78 is 12.4. The van der Waals surface area contributed by atoms with Gasteiger partial charge in [-0.25, -0.2) is 0 Å². The summed E-state index contributed by atoms with van der Waals surface area (Å²) in [5.41, 5.74) is 6.59. The maximum atomic E-state index is 5.51. The molecule has 0 amide bonds. The van der Waals surface area contributed by atoms with Crippen LogP contribution in [0.2, 0.25) is 0 Å². The van der Waals surface area contributed by atoms with Crippen molar-refractivity contribution in [3.8, 4) is 11.8 Å². The molecule has 2 rings (SSSR count). The third-order valence-electron chi connectivity index (χ3n) is 2.32. The van der Waals surface area contributed by atoms with Gasteiger partial charge in [0.05, 0.1) is 0 Å². The van der Waals surface area contributed by atoms with Gasteiger partial charge < -0.3 is 15.2 Å². The van der Waals surface area contributed by atoms with Crippen molar-refractivity contribution in [2.24, 2.45) is 12.8 Å². The first-order valence-electron chi connectivity index (χ1n) is 5.68. The number of ether oxygens (including phenoxy) is 2. The molecule has 0 aliphatic heterocycles. The lowest BCUT2D eigenvalue weighted by Crippen LogP contribution is -2.10. The minimum absolute atomic E-state index is 0.361. The predicted octanol–water partition coefficient (Wildman–Crippen LogP) is 0.732. The van der Waals surface area contributed by atoms with Crippen LogP contribution in [-0.4, -0.2) is 28.0 Å². The van der Waals surface area contributed by atoms with Crippen LogP contribution >= 0.6 is 0 Å². The maximum absolute atomic E-state index is 5.51. The van der Waals surface area contributed by atoms with E-state index in [4.69, 9.17) is 15.2 Å². The first kappa shape index (κ1) is 12.4. The van der Waals surface area contributed by atoms with E-state index in [1.165, 1.54) is 0 Å². The van der Waals surface area contributed by atoms with Gasteiger partial charge in [-0.2, -0.15) is 4.98 Å². The van der Waals surface area contributed by atoms with Crippen LogP contribution in [0.4, 0.5) is 0 Å². The van der Waals surface area contributed by atoms with Crippen molar-refractivity contribution in [3.05, 3.63) is 36.2 Å². The Morgan fingerprint density at radius 2 is 1.89 bits per heavy atom. The molecule has 96 valence electrons. The highest BCUT2D eigenvalue weighted by Crippen LogP contribution is 2.11. The molecule has 6 heteroatoms. The lowest BCUT2D eigenvalue weighted by Gasteiger charge is -2.06. The quantitative estimate of drug-likeness (QED) is 0.763. The van der Waals surface area contributed by atoms with Gasteiger partial charge in [0.2, 0.25) is 0 Å². The third-order valence-corrected chi connectivity index (χ3v) is 2.32. The summed E-state index contributed by atoms with van der Waals surface area (Å²) in [7, 11) is 1.79. The van der Waals surface area contributed by atoms with E-state index in [1.807, 2.05) is 24.3 Å². The van der Waals surface area contributed by atoms with Crippen LogP contribution < -0.4 is 15.2 Å². The molecule has 0 aliphatic carbocycles. The highest BCUT2D eigenvalue weighted by molar-refractivity contribution is 5.27. The first-order valence-corrected chi connectivity index (χ1v) is 5.68. The van der Waals surface area contributed by atoms with Crippen molar-refractivity contribution in [1.82, 2.24) is 14.8 Å². The Labute approximate surface area is 105 Å². The summed E-state index contributed by atoms with van der Waals surface area (Å²) in [6.07, 6.45) is 1.59. The Hall–Kier alpha value is -2.08. The van der Waals surface area contributed by atoms with Gasteiger partial charge in [-0.05, 0) is 17.7 Å². The van der Waals surface area contributed by atoms with E-state index in [9.17, 15) is 0 Å². The third kappa shape index (κ3) is 3.46. The SMILES string of the molecule is Cn1cnc(OCCOc2ccc(CN)cc2)n1. The van der Waals surface area contributed by atoms with E-state index < -0.39 is 0 Å². The zero-order valence-corrected chi connectivity index (χ0v) is 10.2. The van der Waals surface area contributed by atoms with Crippen LogP contribution in [-0.2, 0) is 13.6 Å². The summed E-state index contributed by atoms with van der Waals surface area (Å²) in [6.45, 7) is 1.39. The van der Waals surface area contributed by atoms with Gasteiger partial charge in [0.1, 0.15) is 25.3 Å². The van der Waals surface area contributed by atoms with Gasteiger partial charge in [0, 0.05) is 13.6 Å². The molecule has 1 aromatic carbocycles. The molecule has 0 spiro atoms. The molecule has 0 fully saturated rings. The molecule has 0 atom stereocenters. The molecule has 1 aromatic heterocycles. The van der Waals surface area contributed by atoms with Gasteiger partial charge in [0.15, 0.2) is 0 Å². The highest BCUT2D eigenvalue weighted by Gasteiger charge is 1.99. The predicted molar refractivity (Wildman–Crippen MR) is 66.3 cm³/mol. The van der Waals surface area contributed by atoms with E-state index in [2.05, 4.69) is 10.1 Å². The van der Waals surface area contributed by atoms with Crippen LogP contribution in [0.5, 0.6) is 11.8 Å². The van der Waals surface area contributed by atoms with Crippen molar-refractivity contribution in [2.75, 3.05) is 13.2 Å². The van der Waals surface area contributed by atoms with Crippen molar-refractivity contribution in [1.29, 1.82) is 0 Å². The van der Waals surface area contributed by atoms with Crippen molar-refractivity contribution < 1.29 is 9.47 Å². The summed E-state index contributed by atoms with van der Waals surface area (Å²) >= 11 is 0. The maximum Gasteiger partial charge on any atom is 0.335 e. The molecule has 0 unspecified atom stereocenters. The average Bonchev–Trinajstić information content (AvgIpc) is 2.81. The fraction of sp³-hybridized carbons (Fsp3) is 0.333. The van der Waals surface area contributed by atoms with Crippen molar-refractivity contribution in [3.63, 3.8) is 0 Å². The number of aromatic nitrogens is 3. The molecular weight excluding hydrogens is 232 g/mol. The molecular formula is C12H16N4O2. The molecule has 6 nitrogen and oxygen atoms in total. The van der Waals surface area contributed by atoms with Crippen LogP contribution in [0.3, 0.4) is 0 Å². The summed E-state index contributed by atoms with van der Waals surface area (Å²) in [4.78, 5) is 3.94. The number of nitrogens with zero attached hydrogens (tertiary/aromatic N) is 3. The Morgan fingerprint density at radius 1 is 1.17 bits per heavy atom. The first-order chi connectivity index (χ1) is 8.78. The summed E-state index contributed by atoms with van der Waals surface area (Å²) in [5, 5.41) is 3.99. The average molecular weight is 248 g/mol. The molecule has 0 bridgehead atoms. The van der Waals surface area contributed by atoms with Crippen LogP contribution in [0.1, 0.15) is 5.56 Å². The molecule has 2 aromatic rings. The van der Waals surface area contributed by atoms with E-state index >= 15 is 0 Å². The zero-order valence-electron chi connectivity index (χ0n) is 10.2. The van der Waals surface area contributed by atoms with Crippen LogP contribution in [0, 0.1) is 0 Å². The van der Waals surface area contributed by atoms with E-state index in [-0.39, 0.29) is 0 Å². The summed E-state index contributed by atoms with van der Waals surface area (Å²) in [6, 6.07) is 8.02. The van der Waals surface area contributed by atoms with Gasteiger partial charge in [-0.3, -0.25) is 4.68 Å². The highest BCUT2D eigenvalue weighted by atomic mass is 16.5. The number of aryl methyl sites for hydroxylation is 1. The topological polar surface area (TPSA) is 75.2 Å². The Balaban J connectivity index is 1.71. The van der Waals surface area contributed by atoms with Gasteiger partial charge >= 0.3 is 6.01 Å². The number of hydrogen-bond acceptors (Lipinski definition) is 5. The normalized spacial score (nSPS) is 10.3. The van der Waals surface area contributed by atoms with E-state index in [0.717, 1.165) is 11.3 Å². The van der Waals surface area contributed by atoms with E-state index in [0.29, 0.717) is 25.8 Å². The van der Waals surface area contributed by atoms with Crippen LogP contribution in [0.25, 0.3) is 0 Å². The molecule has 18 heavy (non-hydrogen) atoms.